The number of hydrogen-bond donors (Lipinski definition) is 1. The molecule has 0 fully saturated rings. The predicted molar refractivity (Wildman–Crippen MR) is 55.5 cm³/mol. The van der Waals surface area contributed by atoms with E-state index in [0.717, 1.165) is 12.1 Å². The van der Waals surface area contributed by atoms with Crippen molar-refractivity contribution in [2.75, 3.05) is 0 Å². The van der Waals surface area contributed by atoms with E-state index >= 15 is 0 Å². The molecule has 1 aromatic heterocycles. The Morgan fingerprint density at radius 2 is 2.00 bits per heavy atom. The van der Waals surface area contributed by atoms with E-state index in [1.54, 1.807) is 0 Å². The first-order valence-corrected chi connectivity index (χ1v) is 4.95. The Labute approximate surface area is 103 Å². The monoisotopic (exact) mass is 274 g/mol. The fourth-order valence-electron chi connectivity index (χ4n) is 1.58. The van der Waals surface area contributed by atoms with Crippen LogP contribution in [0.1, 0.15) is 16.1 Å². The number of carbonyl (C=O) groups is 1. The van der Waals surface area contributed by atoms with Gasteiger partial charge < -0.3 is 5.11 Å². The summed E-state index contributed by atoms with van der Waals surface area (Å²) in [5, 5.41) is 12.1. The summed E-state index contributed by atoms with van der Waals surface area (Å²) >= 11 is 0. The molecule has 2 rings (SSSR count). The highest BCUT2D eigenvalue weighted by Crippen LogP contribution is 2.33. The molecule has 100 valence electrons. The Bertz CT molecular complexity index is 634. The van der Waals surface area contributed by atoms with Gasteiger partial charge in [-0.2, -0.15) is 18.3 Å². The van der Waals surface area contributed by atoms with Crippen molar-refractivity contribution in [2.45, 2.75) is 6.18 Å². The number of carboxylic acid groups (broad SMARTS) is 1. The molecule has 0 saturated carbocycles. The van der Waals surface area contributed by atoms with Crippen molar-refractivity contribution in [2.24, 2.45) is 0 Å². The maximum atomic E-state index is 13.0. The van der Waals surface area contributed by atoms with Gasteiger partial charge in [0, 0.05) is 0 Å². The molecule has 4 nitrogen and oxygen atoms in total. The number of rotatable bonds is 2. The lowest BCUT2D eigenvalue weighted by Gasteiger charge is -2.11. The lowest BCUT2D eigenvalue weighted by molar-refractivity contribution is -0.143. The molecular formula is C11H6F4N2O2. The van der Waals surface area contributed by atoms with Gasteiger partial charge in [-0.25, -0.2) is 13.9 Å². The summed E-state index contributed by atoms with van der Waals surface area (Å²) in [6.45, 7) is 0. The molecule has 1 N–H and O–H groups in total. The number of nitrogens with zero attached hydrogens (tertiary/aromatic N) is 2. The number of carboxylic acids is 1. The van der Waals surface area contributed by atoms with Crippen molar-refractivity contribution < 1.29 is 27.5 Å². The normalized spacial score (nSPS) is 11.6. The quantitative estimate of drug-likeness (QED) is 0.857. The van der Waals surface area contributed by atoms with Crippen LogP contribution >= 0.6 is 0 Å². The number of benzene rings is 1. The molecule has 2 aromatic rings. The number of aromatic carboxylic acids is 1. The van der Waals surface area contributed by atoms with E-state index in [9.17, 15) is 22.4 Å². The van der Waals surface area contributed by atoms with Crippen LogP contribution in [0.2, 0.25) is 0 Å². The first kappa shape index (κ1) is 13.1. The molecule has 0 aliphatic heterocycles. The highest BCUT2D eigenvalue weighted by atomic mass is 19.4. The molecule has 0 amide bonds. The van der Waals surface area contributed by atoms with Gasteiger partial charge in [-0.15, -0.1) is 0 Å². The summed E-state index contributed by atoms with van der Waals surface area (Å²) < 4.78 is 52.0. The molecule has 0 unspecified atom stereocenters. The molecule has 19 heavy (non-hydrogen) atoms. The van der Waals surface area contributed by atoms with Crippen LogP contribution in [0.5, 0.6) is 0 Å². The van der Waals surface area contributed by atoms with Crippen LogP contribution in [0.3, 0.4) is 0 Å². The summed E-state index contributed by atoms with van der Waals surface area (Å²) in [6.07, 6.45) is -4.34. The SMILES string of the molecule is O=C(O)c1cnn(-c2cccc(F)c2)c1C(F)(F)F. The first-order valence-electron chi connectivity index (χ1n) is 4.95. The van der Waals surface area contributed by atoms with Crippen molar-refractivity contribution >= 4 is 5.97 Å². The Kier molecular flexibility index (Phi) is 3.01. The minimum Gasteiger partial charge on any atom is -0.478 e. The molecule has 0 saturated heterocycles. The zero-order valence-corrected chi connectivity index (χ0v) is 9.15. The van der Waals surface area contributed by atoms with Crippen LogP contribution in [0.25, 0.3) is 5.69 Å². The predicted octanol–water partition coefficient (Wildman–Crippen LogP) is 2.73. The van der Waals surface area contributed by atoms with Gasteiger partial charge in [-0.05, 0) is 18.2 Å². The van der Waals surface area contributed by atoms with Crippen LogP contribution in [0, 0.1) is 5.82 Å². The molecular weight excluding hydrogens is 268 g/mol. The zero-order chi connectivity index (χ0) is 14.2. The van der Waals surface area contributed by atoms with Gasteiger partial charge in [0.05, 0.1) is 11.9 Å². The third kappa shape index (κ3) is 2.42. The molecule has 8 heteroatoms. The van der Waals surface area contributed by atoms with E-state index in [2.05, 4.69) is 5.10 Å². The summed E-state index contributed by atoms with van der Waals surface area (Å²) in [7, 11) is 0. The van der Waals surface area contributed by atoms with Crippen LogP contribution in [0.15, 0.2) is 30.5 Å². The van der Waals surface area contributed by atoms with Gasteiger partial charge in [0.25, 0.3) is 0 Å². The van der Waals surface area contributed by atoms with Gasteiger partial charge in [0.2, 0.25) is 0 Å². The van der Waals surface area contributed by atoms with Gasteiger partial charge >= 0.3 is 12.1 Å². The molecule has 0 spiro atoms. The summed E-state index contributed by atoms with van der Waals surface area (Å²) in [4.78, 5) is 10.8. The number of aromatic nitrogens is 2. The average Bonchev–Trinajstić information content (AvgIpc) is 2.73. The Balaban J connectivity index is 2.68. The van der Waals surface area contributed by atoms with Gasteiger partial charge in [0.15, 0.2) is 5.69 Å². The molecule has 0 radical (unpaired) electrons. The molecule has 0 aliphatic carbocycles. The largest absolute Gasteiger partial charge is 0.478 e. The van der Waals surface area contributed by atoms with Crippen LogP contribution < -0.4 is 0 Å². The van der Waals surface area contributed by atoms with E-state index < -0.39 is 29.2 Å². The van der Waals surface area contributed by atoms with E-state index in [1.807, 2.05) is 0 Å². The molecule has 1 heterocycles. The van der Waals surface area contributed by atoms with E-state index in [-0.39, 0.29) is 5.69 Å². The molecule has 1 aromatic carbocycles. The van der Waals surface area contributed by atoms with Crippen molar-refractivity contribution in [3.63, 3.8) is 0 Å². The highest BCUT2D eigenvalue weighted by Gasteiger charge is 2.40. The van der Waals surface area contributed by atoms with Crippen LogP contribution in [-0.4, -0.2) is 20.9 Å². The number of alkyl halides is 3. The topological polar surface area (TPSA) is 55.1 Å². The second-order valence-corrected chi connectivity index (χ2v) is 3.60. The van der Waals surface area contributed by atoms with Crippen LogP contribution in [0.4, 0.5) is 17.6 Å². The summed E-state index contributed by atoms with van der Waals surface area (Å²) in [5.41, 5.74) is -2.65. The molecule has 0 bridgehead atoms. The highest BCUT2D eigenvalue weighted by molar-refractivity contribution is 5.89. The van der Waals surface area contributed by atoms with Crippen molar-refractivity contribution in [3.05, 3.63) is 47.5 Å². The number of halogens is 4. The van der Waals surface area contributed by atoms with Crippen LogP contribution in [-0.2, 0) is 6.18 Å². The van der Waals surface area contributed by atoms with E-state index in [4.69, 9.17) is 5.11 Å². The Morgan fingerprint density at radius 1 is 1.32 bits per heavy atom. The standard InChI is InChI=1S/C11H6F4N2O2/c12-6-2-1-3-7(4-6)17-9(11(13,14)15)8(5-16-17)10(18)19/h1-5H,(H,18,19). The maximum Gasteiger partial charge on any atom is 0.434 e. The van der Waals surface area contributed by atoms with Gasteiger partial charge in [0.1, 0.15) is 11.4 Å². The van der Waals surface area contributed by atoms with Crippen molar-refractivity contribution in [3.8, 4) is 5.69 Å². The second kappa shape index (κ2) is 4.38. The Hall–Kier alpha value is -2.38. The first-order chi connectivity index (χ1) is 8.80. The third-order valence-electron chi connectivity index (χ3n) is 2.32. The van der Waals surface area contributed by atoms with E-state index in [1.165, 1.54) is 12.1 Å². The third-order valence-corrected chi connectivity index (χ3v) is 2.32. The minimum absolute atomic E-state index is 0.208. The summed E-state index contributed by atoms with van der Waals surface area (Å²) in [5.74, 6) is -2.51. The maximum absolute atomic E-state index is 13.0. The second-order valence-electron chi connectivity index (χ2n) is 3.60. The zero-order valence-electron chi connectivity index (χ0n) is 9.15. The lowest BCUT2D eigenvalue weighted by atomic mass is 10.2. The van der Waals surface area contributed by atoms with Crippen molar-refractivity contribution in [1.29, 1.82) is 0 Å². The Morgan fingerprint density at radius 3 is 2.53 bits per heavy atom. The smallest absolute Gasteiger partial charge is 0.434 e. The van der Waals surface area contributed by atoms with Gasteiger partial charge in [-0.1, -0.05) is 6.07 Å². The average molecular weight is 274 g/mol. The molecule has 0 aliphatic rings. The van der Waals surface area contributed by atoms with E-state index in [0.29, 0.717) is 10.9 Å². The summed E-state index contributed by atoms with van der Waals surface area (Å²) in [6, 6.07) is 4.27. The van der Waals surface area contributed by atoms with Gasteiger partial charge in [-0.3, -0.25) is 0 Å². The minimum atomic E-state index is -4.92. The molecule has 0 atom stereocenters. The fourth-order valence-corrected chi connectivity index (χ4v) is 1.58. The van der Waals surface area contributed by atoms with Crippen molar-refractivity contribution in [1.82, 2.24) is 9.78 Å². The fraction of sp³-hybridized carbons (Fsp3) is 0.0909. The lowest BCUT2D eigenvalue weighted by Crippen LogP contribution is -2.17. The number of hydrogen-bond acceptors (Lipinski definition) is 2.